The molecule has 0 amide bonds. The van der Waals surface area contributed by atoms with Crippen LogP contribution in [0.4, 0.5) is 0 Å². The molecular weight excluding hydrogens is 186 g/mol. The second-order valence-electron chi connectivity index (χ2n) is 3.03. The Hall–Kier alpha value is -1.30. The van der Waals surface area contributed by atoms with Crippen molar-refractivity contribution in [2.45, 2.75) is 19.9 Å². The molecule has 5 nitrogen and oxygen atoms in total. The number of nitrogens with one attached hydrogen (secondary N) is 1. The summed E-state index contributed by atoms with van der Waals surface area (Å²) in [4.78, 5) is 6.91. The molecule has 1 N–H and O–H groups in total. The average molecular weight is 195 g/mol. The van der Waals surface area contributed by atoms with Crippen LogP contribution in [-0.4, -0.2) is 25.0 Å². The maximum Gasteiger partial charge on any atom is 0.166 e. The van der Waals surface area contributed by atoms with Gasteiger partial charge in [-0.1, -0.05) is 17.4 Å². The Balaban J connectivity index is 2.83. The molecule has 2 heterocycles. The van der Waals surface area contributed by atoms with Crippen molar-refractivity contribution in [1.29, 1.82) is 0 Å². The third-order valence-electron chi connectivity index (χ3n) is 1.77. The van der Waals surface area contributed by atoms with E-state index in [1.165, 1.54) is 0 Å². The Morgan fingerprint density at radius 3 is 3.00 bits per heavy atom. The molecule has 0 aliphatic rings. The van der Waals surface area contributed by atoms with Crippen molar-refractivity contribution < 1.29 is 0 Å². The van der Waals surface area contributed by atoms with Gasteiger partial charge in [0.25, 0.3) is 0 Å². The van der Waals surface area contributed by atoms with Gasteiger partial charge < -0.3 is 4.98 Å². The molecule has 0 saturated heterocycles. The first-order valence-electron chi connectivity index (χ1n) is 3.98. The lowest BCUT2D eigenvalue weighted by atomic mass is 10.4. The SMILES string of the molecule is CC(C)n1nnc2c(=S)nc[nH]c21. The van der Waals surface area contributed by atoms with Crippen LogP contribution in [0.1, 0.15) is 19.9 Å². The van der Waals surface area contributed by atoms with Gasteiger partial charge in [0.2, 0.25) is 0 Å². The number of hydrogen-bond acceptors (Lipinski definition) is 4. The Morgan fingerprint density at radius 2 is 2.31 bits per heavy atom. The van der Waals surface area contributed by atoms with E-state index in [1.54, 1.807) is 11.0 Å². The Kier molecular flexibility index (Phi) is 1.84. The molecule has 0 spiro atoms. The fourth-order valence-corrected chi connectivity index (χ4v) is 1.34. The maximum atomic E-state index is 5.01. The second kappa shape index (κ2) is 2.88. The van der Waals surface area contributed by atoms with Gasteiger partial charge in [0.1, 0.15) is 0 Å². The van der Waals surface area contributed by atoms with Gasteiger partial charge in [-0.3, -0.25) is 0 Å². The molecule has 0 aliphatic carbocycles. The molecule has 68 valence electrons. The van der Waals surface area contributed by atoms with Crippen LogP contribution in [0.15, 0.2) is 6.33 Å². The van der Waals surface area contributed by atoms with E-state index in [-0.39, 0.29) is 6.04 Å². The first-order valence-corrected chi connectivity index (χ1v) is 4.39. The highest BCUT2D eigenvalue weighted by molar-refractivity contribution is 7.71. The van der Waals surface area contributed by atoms with Gasteiger partial charge >= 0.3 is 0 Å². The van der Waals surface area contributed by atoms with Crippen molar-refractivity contribution in [3.8, 4) is 0 Å². The first-order chi connectivity index (χ1) is 6.20. The van der Waals surface area contributed by atoms with Crippen LogP contribution in [0.25, 0.3) is 11.2 Å². The molecule has 0 fully saturated rings. The largest absolute Gasteiger partial charge is 0.329 e. The normalized spacial score (nSPS) is 11.3. The van der Waals surface area contributed by atoms with Gasteiger partial charge in [0.15, 0.2) is 15.8 Å². The predicted molar refractivity (Wildman–Crippen MR) is 50.9 cm³/mol. The molecule has 0 unspecified atom stereocenters. The number of hydrogen-bond donors (Lipinski definition) is 1. The van der Waals surface area contributed by atoms with Crippen LogP contribution in [0.2, 0.25) is 0 Å². The van der Waals surface area contributed by atoms with Crippen LogP contribution in [-0.2, 0) is 0 Å². The summed E-state index contributed by atoms with van der Waals surface area (Å²) in [5.41, 5.74) is 1.49. The zero-order valence-electron chi connectivity index (χ0n) is 7.35. The number of aromatic amines is 1. The van der Waals surface area contributed by atoms with Gasteiger partial charge in [0, 0.05) is 0 Å². The summed E-state index contributed by atoms with van der Waals surface area (Å²) in [5, 5.41) is 7.94. The molecule has 0 saturated carbocycles. The predicted octanol–water partition coefficient (Wildman–Crippen LogP) is 1.46. The average Bonchev–Trinajstić information content (AvgIpc) is 2.48. The minimum Gasteiger partial charge on any atom is -0.329 e. The fraction of sp³-hybridized carbons (Fsp3) is 0.429. The summed E-state index contributed by atoms with van der Waals surface area (Å²) in [6.07, 6.45) is 1.56. The molecular formula is C7H9N5S. The van der Waals surface area contributed by atoms with Crippen molar-refractivity contribution >= 4 is 23.4 Å². The molecule has 13 heavy (non-hydrogen) atoms. The number of nitrogens with zero attached hydrogens (tertiary/aromatic N) is 4. The lowest BCUT2D eigenvalue weighted by Gasteiger charge is -2.03. The van der Waals surface area contributed by atoms with Gasteiger partial charge in [0.05, 0.1) is 12.4 Å². The fourth-order valence-electron chi connectivity index (χ4n) is 1.15. The molecule has 2 rings (SSSR count). The summed E-state index contributed by atoms with van der Waals surface area (Å²) >= 11 is 5.01. The van der Waals surface area contributed by atoms with Crippen molar-refractivity contribution in [2.24, 2.45) is 0 Å². The monoisotopic (exact) mass is 195 g/mol. The number of H-pyrrole nitrogens is 1. The number of aromatic nitrogens is 5. The van der Waals surface area contributed by atoms with Gasteiger partial charge in [-0.15, -0.1) is 5.10 Å². The molecule has 0 aromatic carbocycles. The zero-order chi connectivity index (χ0) is 9.42. The molecule has 6 heteroatoms. The van der Waals surface area contributed by atoms with Crippen LogP contribution in [0, 0.1) is 4.64 Å². The van der Waals surface area contributed by atoms with Crippen molar-refractivity contribution in [2.75, 3.05) is 0 Å². The Morgan fingerprint density at radius 1 is 1.54 bits per heavy atom. The highest BCUT2D eigenvalue weighted by Crippen LogP contribution is 2.11. The molecule has 0 atom stereocenters. The van der Waals surface area contributed by atoms with Crippen LogP contribution in [0.5, 0.6) is 0 Å². The highest BCUT2D eigenvalue weighted by atomic mass is 32.1. The molecule has 0 bridgehead atoms. The molecule has 2 aromatic heterocycles. The Labute approximate surface area is 79.8 Å². The van der Waals surface area contributed by atoms with E-state index in [1.807, 2.05) is 13.8 Å². The molecule has 0 radical (unpaired) electrons. The lowest BCUT2D eigenvalue weighted by Crippen LogP contribution is -2.03. The highest BCUT2D eigenvalue weighted by Gasteiger charge is 2.08. The minimum atomic E-state index is 0.262. The molecule has 2 aromatic rings. The number of fused-ring (bicyclic) bond motifs is 1. The summed E-state index contributed by atoms with van der Waals surface area (Å²) in [7, 11) is 0. The summed E-state index contributed by atoms with van der Waals surface area (Å²) in [6.45, 7) is 4.07. The summed E-state index contributed by atoms with van der Waals surface area (Å²) < 4.78 is 2.27. The Bertz CT molecular complexity index is 483. The minimum absolute atomic E-state index is 0.262. The van der Waals surface area contributed by atoms with Crippen molar-refractivity contribution in [3.63, 3.8) is 0 Å². The van der Waals surface area contributed by atoms with E-state index in [9.17, 15) is 0 Å². The van der Waals surface area contributed by atoms with E-state index in [0.29, 0.717) is 10.2 Å². The second-order valence-corrected chi connectivity index (χ2v) is 3.42. The zero-order valence-corrected chi connectivity index (χ0v) is 8.17. The van der Waals surface area contributed by atoms with Crippen LogP contribution >= 0.6 is 12.2 Å². The van der Waals surface area contributed by atoms with E-state index in [0.717, 1.165) is 5.65 Å². The van der Waals surface area contributed by atoms with Gasteiger partial charge in [-0.2, -0.15) is 0 Å². The quantitative estimate of drug-likeness (QED) is 0.700. The van der Waals surface area contributed by atoms with Crippen LogP contribution < -0.4 is 0 Å². The first kappa shape index (κ1) is 8.31. The lowest BCUT2D eigenvalue weighted by molar-refractivity contribution is 0.526. The third kappa shape index (κ3) is 1.23. The standard InChI is InChI=1S/C7H9N5S/c1-4(2)12-6-5(10-11-12)7(13)9-3-8-6/h3-4H,1-2H3,(H,8,9,13). The topological polar surface area (TPSA) is 59.4 Å². The van der Waals surface area contributed by atoms with Gasteiger partial charge in [-0.25, -0.2) is 9.67 Å². The summed E-state index contributed by atoms with van der Waals surface area (Å²) in [6, 6.07) is 0.262. The van der Waals surface area contributed by atoms with E-state index < -0.39 is 0 Å². The third-order valence-corrected chi connectivity index (χ3v) is 2.07. The van der Waals surface area contributed by atoms with Crippen molar-refractivity contribution in [1.82, 2.24) is 25.0 Å². The van der Waals surface area contributed by atoms with Gasteiger partial charge in [-0.05, 0) is 13.8 Å². The van der Waals surface area contributed by atoms with Crippen LogP contribution in [0.3, 0.4) is 0 Å². The van der Waals surface area contributed by atoms with E-state index >= 15 is 0 Å². The van der Waals surface area contributed by atoms with E-state index in [4.69, 9.17) is 12.2 Å². The molecule has 0 aliphatic heterocycles. The maximum absolute atomic E-state index is 5.01. The summed E-state index contributed by atoms with van der Waals surface area (Å²) in [5.74, 6) is 0. The van der Waals surface area contributed by atoms with E-state index in [2.05, 4.69) is 20.3 Å². The van der Waals surface area contributed by atoms with Crippen molar-refractivity contribution in [3.05, 3.63) is 11.0 Å². The number of rotatable bonds is 1. The smallest absolute Gasteiger partial charge is 0.166 e.